The fraction of sp³-hybridized carbons (Fsp3) is 0.286. The smallest absolute Gasteiger partial charge is 0.207 e. The molecule has 0 saturated carbocycles. The summed E-state index contributed by atoms with van der Waals surface area (Å²) >= 11 is 8.35. The van der Waals surface area contributed by atoms with Gasteiger partial charge in [-0.25, -0.2) is 8.42 Å². The quantitative estimate of drug-likeness (QED) is 0.653. The molecule has 0 aliphatic rings. The molecule has 114 valence electrons. The van der Waals surface area contributed by atoms with Gasteiger partial charge < -0.3 is 0 Å². The van der Waals surface area contributed by atoms with Crippen molar-refractivity contribution in [3.05, 3.63) is 49.0 Å². The van der Waals surface area contributed by atoms with Crippen LogP contribution < -0.4 is 0 Å². The first-order valence-corrected chi connectivity index (χ1v) is 10.2. The van der Waals surface area contributed by atoms with Crippen LogP contribution in [0.2, 0.25) is 0 Å². The largest absolute Gasteiger partial charge is 0.243 e. The fourth-order valence-corrected chi connectivity index (χ4v) is 5.24. The third-order valence-electron chi connectivity index (χ3n) is 3.08. The van der Waals surface area contributed by atoms with Crippen LogP contribution in [0.15, 0.2) is 43.5 Å². The van der Waals surface area contributed by atoms with E-state index in [4.69, 9.17) is 0 Å². The first-order chi connectivity index (χ1) is 9.84. The van der Waals surface area contributed by atoms with Gasteiger partial charge in [0.15, 0.2) is 0 Å². The van der Waals surface area contributed by atoms with E-state index in [1.807, 2.05) is 26.0 Å². The molecule has 0 bridgehead atoms. The van der Waals surface area contributed by atoms with E-state index in [9.17, 15) is 8.42 Å². The summed E-state index contributed by atoms with van der Waals surface area (Å²) in [6.07, 6.45) is 0. The molecule has 0 atom stereocenters. The van der Waals surface area contributed by atoms with Crippen molar-refractivity contribution in [1.82, 2.24) is 4.31 Å². The van der Waals surface area contributed by atoms with E-state index in [1.54, 1.807) is 29.5 Å². The van der Waals surface area contributed by atoms with E-state index in [1.165, 1.54) is 4.31 Å². The molecule has 0 saturated heterocycles. The molecule has 2 aromatic rings. The lowest BCUT2D eigenvalue weighted by atomic mass is 10.2. The molecule has 1 aromatic carbocycles. The number of hydrogen-bond acceptors (Lipinski definition) is 3. The molecule has 0 N–H and O–H groups in total. The predicted molar refractivity (Wildman–Crippen MR) is 94.2 cm³/mol. The van der Waals surface area contributed by atoms with Crippen LogP contribution in [-0.2, 0) is 16.6 Å². The number of hydrogen-bond donors (Lipinski definition) is 0. The number of benzene rings is 1. The third-order valence-corrected chi connectivity index (χ3v) is 7.50. The lowest BCUT2D eigenvalue weighted by molar-refractivity contribution is 0.426. The second-order valence-corrected chi connectivity index (χ2v) is 9.89. The van der Waals surface area contributed by atoms with E-state index < -0.39 is 10.0 Å². The van der Waals surface area contributed by atoms with Gasteiger partial charge in [-0.1, -0.05) is 22.9 Å². The van der Waals surface area contributed by atoms with Gasteiger partial charge >= 0.3 is 0 Å². The zero-order valence-corrected chi connectivity index (χ0v) is 16.4. The first-order valence-electron chi connectivity index (χ1n) is 6.35. The summed E-state index contributed by atoms with van der Waals surface area (Å²) in [7, 11) is -3.48. The molecule has 2 rings (SSSR count). The molecule has 21 heavy (non-hydrogen) atoms. The van der Waals surface area contributed by atoms with Gasteiger partial charge in [0.2, 0.25) is 10.0 Å². The van der Waals surface area contributed by atoms with Gasteiger partial charge in [-0.3, -0.25) is 0 Å². The summed E-state index contributed by atoms with van der Waals surface area (Å²) in [6.45, 7) is 4.57. The van der Waals surface area contributed by atoms with Crippen LogP contribution in [0.5, 0.6) is 0 Å². The van der Waals surface area contributed by atoms with E-state index in [0.29, 0.717) is 18.0 Å². The van der Waals surface area contributed by atoms with Crippen molar-refractivity contribution in [2.45, 2.75) is 25.3 Å². The molecule has 3 nitrogen and oxygen atoms in total. The Hall–Kier alpha value is -0.210. The lowest BCUT2D eigenvalue weighted by Crippen LogP contribution is -2.30. The van der Waals surface area contributed by atoms with Gasteiger partial charge in [0.25, 0.3) is 0 Å². The molecule has 1 aromatic heterocycles. The Morgan fingerprint density at radius 1 is 1.19 bits per heavy atom. The van der Waals surface area contributed by atoms with Crippen LogP contribution in [0.3, 0.4) is 0 Å². The Morgan fingerprint density at radius 2 is 1.90 bits per heavy atom. The molecule has 0 radical (unpaired) electrons. The molecule has 1 heterocycles. The molecule has 0 fully saturated rings. The van der Waals surface area contributed by atoms with E-state index >= 15 is 0 Å². The Kier molecular flexibility index (Phi) is 5.65. The van der Waals surface area contributed by atoms with Crippen LogP contribution in [-0.4, -0.2) is 19.3 Å². The van der Waals surface area contributed by atoms with Crippen LogP contribution in [0.4, 0.5) is 0 Å². The van der Waals surface area contributed by atoms with Crippen molar-refractivity contribution in [1.29, 1.82) is 0 Å². The fourth-order valence-electron chi connectivity index (χ4n) is 1.90. The summed E-state index contributed by atoms with van der Waals surface area (Å²) in [5, 5.41) is 0. The Labute approximate surface area is 146 Å². The minimum Gasteiger partial charge on any atom is -0.207 e. The SMILES string of the molecule is CCN(Cc1ccc(Br)s1)S(=O)(=O)c1ccc(Br)c(C)c1. The van der Waals surface area contributed by atoms with Crippen molar-refractivity contribution in [3.63, 3.8) is 0 Å². The van der Waals surface area contributed by atoms with Crippen LogP contribution in [0, 0.1) is 6.92 Å². The lowest BCUT2D eigenvalue weighted by Gasteiger charge is -2.20. The summed E-state index contributed by atoms with van der Waals surface area (Å²) in [5.41, 5.74) is 0.908. The maximum Gasteiger partial charge on any atom is 0.243 e. The average Bonchev–Trinajstić information content (AvgIpc) is 2.84. The van der Waals surface area contributed by atoms with Crippen molar-refractivity contribution >= 4 is 53.2 Å². The second kappa shape index (κ2) is 6.91. The van der Waals surface area contributed by atoms with Crippen LogP contribution >= 0.6 is 43.2 Å². The average molecular weight is 453 g/mol. The molecule has 0 unspecified atom stereocenters. The van der Waals surface area contributed by atoms with Crippen molar-refractivity contribution < 1.29 is 8.42 Å². The van der Waals surface area contributed by atoms with Crippen molar-refractivity contribution in [3.8, 4) is 0 Å². The van der Waals surface area contributed by atoms with Crippen LogP contribution in [0.1, 0.15) is 17.4 Å². The highest BCUT2D eigenvalue weighted by Gasteiger charge is 2.24. The number of halogens is 2. The first kappa shape index (κ1) is 17.1. The third kappa shape index (κ3) is 3.96. The number of sulfonamides is 1. The molecule has 0 amide bonds. The van der Waals surface area contributed by atoms with Crippen molar-refractivity contribution in [2.75, 3.05) is 6.54 Å². The number of thiophene rings is 1. The van der Waals surface area contributed by atoms with E-state index in [0.717, 1.165) is 18.7 Å². The van der Waals surface area contributed by atoms with Gasteiger partial charge in [0.05, 0.1) is 8.68 Å². The maximum absolute atomic E-state index is 12.7. The van der Waals surface area contributed by atoms with Gasteiger partial charge in [-0.15, -0.1) is 11.3 Å². The van der Waals surface area contributed by atoms with Crippen molar-refractivity contribution in [2.24, 2.45) is 0 Å². The Bertz CT molecular complexity index is 741. The zero-order valence-electron chi connectivity index (χ0n) is 11.6. The number of nitrogens with zero attached hydrogens (tertiary/aromatic N) is 1. The summed E-state index contributed by atoms with van der Waals surface area (Å²) < 4.78 is 28.9. The summed E-state index contributed by atoms with van der Waals surface area (Å²) in [4.78, 5) is 1.35. The minimum atomic E-state index is -3.48. The molecular formula is C14H15Br2NO2S2. The zero-order chi connectivity index (χ0) is 15.6. The topological polar surface area (TPSA) is 37.4 Å². The number of aryl methyl sites for hydroxylation is 1. The van der Waals surface area contributed by atoms with Crippen LogP contribution in [0.25, 0.3) is 0 Å². The van der Waals surface area contributed by atoms with Gasteiger partial charge in [-0.05, 0) is 58.7 Å². The second-order valence-electron chi connectivity index (χ2n) is 4.55. The molecule has 0 spiro atoms. The van der Waals surface area contributed by atoms with Gasteiger partial charge in [0.1, 0.15) is 0 Å². The minimum absolute atomic E-state index is 0.334. The predicted octanol–water partition coefficient (Wildman–Crippen LogP) is 4.79. The summed E-state index contributed by atoms with van der Waals surface area (Å²) in [5.74, 6) is 0. The maximum atomic E-state index is 12.7. The van der Waals surface area contributed by atoms with E-state index in [2.05, 4.69) is 31.9 Å². The highest BCUT2D eigenvalue weighted by molar-refractivity contribution is 9.11. The molecule has 0 aliphatic heterocycles. The summed E-state index contributed by atoms with van der Waals surface area (Å²) in [6, 6.07) is 8.99. The molecular weight excluding hydrogens is 438 g/mol. The Morgan fingerprint density at radius 3 is 2.43 bits per heavy atom. The monoisotopic (exact) mass is 451 g/mol. The normalized spacial score (nSPS) is 12.0. The highest BCUT2D eigenvalue weighted by Crippen LogP contribution is 2.27. The standard InChI is InChI=1S/C14H15Br2NO2S2/c1-3-17(9-11-4-7-14(16)20-11)21(18,19)12-5-6-13(15)10(2)8-12/h4-8H,3,9H2,1-2H3. The van der Waals surface area contributed by atoms with Gasteiger partial charge in [-0.2, -0.15) is 4.31 Å². The number of rotatable bonds is 5. The van der Waals surface area contributed by atoms with E-state index in [-0.39, 0.29) is 0 Å². The van der Waals surface area contributed by atoms with Gasteiger partial charge in [0, 0.05) is 22.4 Å². The molecule has 0 aliphatic carbocycles. The highest BCUT2D eigenvalue weighted by atomic mass is 79.9. The molecule has 7 heteroatoms. The Balaban J connectivity index is 2.32.